The molecule has 2 aromatic heterocycles. The molecule has 0 spiro atoms. The average Bonchev–Trinajstić information content (AvgIpc) is 3.31. The predicted molar refractivity (Wildman–Crippen MR) is 135 cm³/mol. The zero-order valence-electron chi connectivity index (χ0n) is 17.9. The molecular formula is C23H21Cl2FN6S. The van der Waals surface area contributed by atoms with Gasteiger partial charge in [-0.3, -0.25) is 9.36 Å². The molecule has 0 amide bonds. The summed E-state index contributed by atoms with van der Waals surface area (Å²) in [6, 6.07) is 14.0. The van der Waals surface area contributed by atoms with Crippen LogP contribution in [0.3, 0.4) is 0 Å². The summed E-state index contributed by atoms with van der Waals surface area (Å²) < 4.78 is 17.5. The second-order valence-electron chi connectivity index (χ2n) is 7.47. The minimum absolute atomic E-state index is 0.209. The average molecular weight is 503 g/mol. The number of anilines is 2. The lowest BCUT2D eigenvalue weighted by Crippen LogP contribution is -2.20. The lowest BCUT2D eigenvalue weighted by molar-refractivity contribution is 0.586. The predicted octanol–water partition coefficient (Wildman–Crippen LogP) is 6.05. The van der Waals surface area contributed by atoms with E-state index in [1.54, 1.807) is 29.1 Å². The zero-order chi connectivity index (χ0) is 23.5. The lowest BCUT2D eigenvalue weighted by atomic mass is 10.2. The van der Waals surface area contributed by atoms with Crippen molar-refractivity contribution in [3.8, 4) is 0 Å². The topological polar surface area (TPSA) is 59.7 Å². The molecule has 0 aliphatic heterocycles. The van der Waals surface area contributed by atoms with Crippen LogP contribution >= 0.6 is 35.4 Å². The first-order valence-electron chi connectivity index (χ1n) is 10.1. The second kappa shape index (κ2) is 9.91. The Bertz CT molecular complexity index is 1300. The molecule has 0 bridgehead atoms. The zero-order valence-corrected chi connectivity index (χ0v) is 20.3. The molecule has 0 atom stereocenters. The molecule has 4 aromatic rings. The Labute approximate surface area is 206 Å². The summed E-state index contributed by atoms with van der Waals surface area (Å²) in [6.07, 6.45) is 1.73. The van der Waals surface area contributed by atoms with Gasteiger partial charge in [-0.15, -0.1) is 0 Å². The molecule has 4 rings (SSSR count). The summed E-state index contributed by atoms with van der Waals surface area (Å²) in [5, 5.41) is 16.7. The molecule has 0 fully saturated rings. The van der Waals surface area contributed by atoms with Crippen molar-refractivity contribution in [2.45, 2.75) is 26.9 Å². The van der Waals surface area contributed by atoms with Gasteiger partial charge in [-0.05, 0) is 49.8 Å². The van der Waals surface area contributed by atoms with Crippen molar-refractivity contribution >= 4 is 52.0 Å². The highest BCUT2D eigenvalue weighted by molar-refractivity contribution is 7.80. The van der Waals surface area contributed by atoms with E-state index < -0.39 is 0 Å². The third-order valence-corrected chi connectivity index (χ3v) is 6.09. The van der Waals surface area contributed by atoms with Crippen molar-refractivity contribution in [1.82, 2.24) is 19.6 Å². The Morgan fingerprint density at radius 3 is 2.48 bits per heavy atom. The van der Waals surface area contributed by atoms with Crippen LogP contribution < -0.4 is 10.6 Å². The van der Waals surface area contributed by atoms with Crippen molar-refractivity contribution in [2.75, 3.05) is 10.6 Å². The first-order chi connectivity index (χ1) is 15.8. The van der Waals surface area contributed by atoms with Gasteiger partial charge in [-0.25, -0.2) is 4.39 Å². The van der Waals surface area contributed by atoms with Crippen LogP contribution in [-0.2, 0) is 13.1 Å². The Balaban J connectivity index is 1.42. The minimum Gasteiger partial charge on any atom is -0.329 e. The molecule has 2 heterocycles. The Kier molecular flexibility index (Phi) is 6.97. The van der Waals surface area contributed by atoms with Crippen LogP contribution in [0.25, 0.3) is 0 Å². The van der Waals surface area contributed by atoms with Gasteiger partial charge in [0.2, 0.25) is 0 Å². The minimum atomic E-state index is -0.371. The number of rotatable bonds is 6. The highest BCUT2D eigenvalue weighted by atomic mass is 35.5. The first-order valence-corrected chi connectivity index (χ1v) is 11.3. The van der Waals surface area contributed by atoms with Crippen molar-refractivity contribution in [2.24, 2.45) is 0 Å². The van der Waals surface area contributed by atoms with E-state index in [1.165, 1.54) is 6.07 Å². The number of hydrogen-bond donors (Lipinski definition) is 2. The summed E-state index contributed by atoms with van der Waals surface area (Å²) in [7, 11) is 0. The normalized spacial score (nSPS) is 10.9. The highest BCUT2D eigenvalue weighted by Gasteiger charge is 2.15. The molecule has 6 nitrogen and oxygen atoms in total. The van der Waals surface area contributed by atoms with E-state index in [1.807, 2.05) is 42.8 Å². The Morgan fingerprint density at radius 1 is 0.970 bits per heavy atom. The summed E-state index contributed by atoms with van der Waals surface area (Å²) in [6.45, 7) is 4.64. The van der Waals surface area contributed by atoms with Gasteiger partial charge in [0.1, 0.15) is 5.82 Å². The fraction of sp³-hybridized carbons (Fsp3) is 0.174. The van der Waals surface area contributed by atoms with Crippen molar-refractivity contribution in [3.05, 3.63) is 93.1 Å². The van der Waals surface area contributed by atoms with E-state index in [9.17, 15) is 4.39 Å². The van der Waals surface area contributed by atoms with Gasteiger partial charge in [0.05, 0.1) is 30.2 Å². The van der Waals surface area contributed by atoms with Crippen molar-refractivity contribution < 1.29 is 4.39 Å². The fourth-order valence-corrected chi connectivity index (χ4v) is 4.07. The largest absolute Gasteiger partial charge is 0.329 e. The maximum Gasteiger partial charge on any atom is 0.176 e. The molecular weight excluding hydrogens is 482 g/mol. The summed E-state index contributed by atoms with van der Waals surface area (Å²) in [4.78, 5) is 0. The summed E-state index contributed by atoms with van der Waals surface area (Å²) >= 11 is 17.9. The molecule has 0 saturated heterocycles. The van der Waals surface area contributed by atoms with Gasteiger partial charge in [0.25, 0.3) is 0 Å². The molecule has 10 heteroatoms. The Hall–Kier alpha value is -2.94. The number of nitrogens with zero attached hydrogens (tertiary/aromatic N) is 4. The number of benzene rings is 2. The lowest BCUT2D eigenvalue weighted by Gasteiger charge is -2.10. The van der Waals surface area contributed by atoms with Crippen LogP contribution in [0.4, 0.5) is 15.9 Å². The van der Waals surface area contributed by atoms with Gasteiger partial charge in [-0.2, -0.15) is 10.2 Å². The highest BCUT2D eigenvalue weighted by Crippen LogP contribution is 2.23. The third-order valence-electron chi connectivity index (χ3n) is 5.16. The Morgan fingerprint density at radius 2 is 1.73 bits per heavy atom. The van der Waals surface area contributed by atoms with E-state index in [2.05, 4.69) is 20.8 Å². The van der Waals surface area contributed by atoms with Crippen molar-refractivity contribution in [3.63, 3.8) is 0 Å². The second-order valence-corrected chi connectivity index (χ2v) is 8.70. The monoisotopic (exact) mass is 502 g/mol. The first kappa shape index (κ1) is 23.2. The molecule has 33 heavy (non-hydrogen) atoms. The summed E-state index contributed by atoms with van der Waals surface area (Å²) in [5.74, 6) is 0.156. The van der Waals surface area contributed by atoms with Gasteiger partial charge >= 0.3 is 0 Å². The van der Waals surface area contributed by atoms with E-state index in [-0.39, 0.29) is 12.4 Å². The van der Waals surface area contributed by atoms with Crippen LogP contribution in [0.15, 0.2) is 54.7 Å². The molecule has 0 saturated carbocycles. The number of aromatic nitrogens is 4. The van der Waals surface area contributed by atoms with Gasteiger partial charge < -0.3 is 10.6 Å². The van der Waals surface area contributed by atoms with Crippen molar-refractivity contribution in [1.29, 1.82) is 0 Å². The maximum absolute atomic E-state index is 14.0. The quantitative estimate of drug-likeness (QED) is 0.314. The van der Waals surface area contributed by atoms with E-state index in [4.69, 9.17) is 35.4 Å². The molecule has 2 N–H and O–H groups in total. The number of thiocarbonyl (C=S) groups is 1. The molecule has 170 valence electrons. The van der Waals surface area contributed by atoms with E-state index >= 15 is 0 Å². The smallest absolute Gasteiger partial charge is 0.176 e. The summed E-state index contributed by atoms with van der Waals surface area (Å²) in [5.41, 5.74) is 3.92. The molecule has 0 unspecified atom stereocenters. The molecule has 2 aromatic carbocycles. The molecule has 0 radical (unpaired) electrons. The van der Waals surface area contributed by atoms with Crippen LogP contribution in [0.5, 0.6) is 0 Å². The van der Waals surface area contributed by atoms with Crippen LogP contribution in [-0.4, -0.2) is 24.7 Å². The fourth-order valence-electron chi connectivity index (χ4n) is 3.44. The van der Waals surface area contributed by atoms with Crippen LogP contribution in [0, 0.1) is 19.7 Å². The maximum atomic E-state index is 14.0. The van der Waals surface area contributed by atoms with Gasteiger partial charge in [-0.1, -0.05) is 47.5 Å². The van der Waals surface area contributed by atoms with Crippen LogP contribution in [0.2, 0.25) is 10.0 Å². The van der Waals surface area contributed by atoms with Gasteiger partial charge in [0.15, 0.2) is 10.9 Å². The van der Waals surface area contributed by atoms with Gasteiger partial charge in [0, 0.05) is 27.9 Å². The number of aryl methyl sites for hydroxylation is 1. The number of nitrogens with one attached hydrogen (secondary N) is 2. The number of hydrogen-bond acceptors (Lipinski definition) is 3. The van der Waals surface area contributed by atoms with E-state index in [0.29, 0.717) is 33.1 Å². The SMILES string of the molecule is Cc1nn(Cc2ccccc2Cl)c(C)c1NC(=S)Nc1ccn(Cc2c(F)cccc2Cl)n1. The van der Waals surface area contributed by atoms with E-state index in [0.717, 1.165) is 22.6 Å². The standard InChI is InChI=1S/C23H21Cl2FN6S/c1-14-22(15(2)32(29-14)12-16-6-3-4-7-18(16)24)28-23(33)27-21-10-11-31(30-21)13-17-19(25)8-5-9-20(17)26/h3-11H,12-13H2,1-2H3,(H2,27,28,30,33). The third kappa shape index (κ3) is 5.35. The molecule has 0 aliphatic rings. The molecule has 0 aliphatic carbocycles. The van der Waals surface area contributed by atoms with Crippen LogP contribution in [0.1, 0.15) is 22.5 Å². The number of halogens is 3.